The second kappa shape index (κ2) is 11.7. The molecule has 2 aliphatic rings. The Bertz CT molecular complexity index is 1220. The average Bonchev–Trinajstić information content (AvgIpc) is 3.15. The van der Waals surface area contributed by atoms with Crippen LogP contribution in [0, 0.1) is 5.92 Å². The van der Waals surface area contributed by atoms with Crippen LogP contribution in [-0.4, -0.2) is 64.5 Å². The maximum atomic E-state index is 13.3. The number of benzene rings is 2. The Kier molecular flexibility index (Phi) is 7.99. The second-order valence-corrected chi connectivity index (χ2v) is 10.2. The molecule has 2 aromatic carbocycles. The summed E-state index contributed by atoms with van der Waals surface area (Å²) < 4.78 is 0. The normalized spacial score (nSPS) is 16.1. The van der Waals surface area contributed by atoms with Crippen molar-refractivity contribution in [2.45, 2.75) is 32.2 Å². The highest BCUT2D eigenvalue weighted by Gasteiger charge is 2.31. The van der Waals surface area contributed by atoms with E-state index < -0.39 is 0 Å². The highest BCUT2D eigenvalue weighted by Crippen LogP contribution is 2.29. The standard InChI is InChI=1S/C29H32ClN5O2/c30-25-13-5-4-12-24(25)26-14-15-27(32-31-26)33-16-7-17-34(19-18-33)28(36)21-35(29(37)23-10-6-11-23)20-22-8-2-1-3-9-22/h1-5,8-9,12-15,23H,6-7,10-11,16-21H2. The topological polar surface area (TPSA) is 69.6 Å². The first-order chi connectivity index (χ1) is 18.1. The van der Waals surface area contributed by atoms with Gasteiger partial charge < -0.3 is 14.7 Å². The number of rotatable bonds is 7. The van der Waals surface area contributed by atoms with Crippen molar-refractivity contribution >= 4 is 29.2 Å². The van der Waals surface area contributed by atoms with Crippen LogP contribution in [0.15, 0.2) is 66.7 Å². The molecule has 1 aromatic heterocycles. The van der Waals surface area contributed by atoms with Crippen LogP contribution in [0.25, 0.3) is 11.3 Å². The van der Waals surface area contributed by atoms with E-state index in [0.29, 0.717) is 31.2 Å². The van der Waals surface area contributed by atoms with E-state index in [1.54, 1.807) is 4.90 Å². The molecule has 1 saturated heterocycles. The Morgan fingerprint density at radius 2 is 1.65 bits per heavy atom. The van der Waals surface area contributed by atoms with Crippen molar-refractivity contribution in [3.05, 3.63) is 77.3 Å². The molecule has 2 fully saturated rings. The highest BCUT2D eigenvalue weighted by atomic mass is 35.5. The number of hydrogen-bond donors (Lipinski definition) is 0. The molecular formula is C29H32ClN5O2. The van der Waals surface area contributed by atoms with Crippen molar-refractivity contribution < 1.29 is 9.59 Å². The fourth-order valence-electron chi connectivity index (χ4n) is 4.89. The van der Waals surface area contributed by atoms with Crippen LogP contribution in [0.1, 0.15) is 31.2 Å². The SMILES string of the molecule is O=C(CN(Cc1ccccc1)C(=O)C1CCC1)N1CCCN(c2ccc(-c3ccccc3Cl)nn2)CC1. The van der Waals surface area contributed by atoms with E-state index in [-0.39, 0.29) is 24.3 Å². The molecule has 192 valence electrons. The lowest BCUT2D eigenvalue weighted by molar-refractivity contribution is -0.145. The van der Waals surface area contributed by atoms with E-state index in [0.717, 1.165) is 54.9 Å². The van der Waals surface area contributed by atoms with Crippen LogP contribution in [0.2, 0.25) is 5.02 Å². The van der Waals surface area contributed by atoms with Crippen molar-refractivity contribution in [3.63, 3.8) is 0 Å². The van der Waals surface area contributed by atoms with Gasteiger partial charge in [-0.2, -0.15) is 0 Å². The van der Waals surface area contributed by atoms with E-state index in [2.05, 4.69) is 15.1 Å². The first-order valence-electron chi connectivity index (χ1n) is 13.0. The van der Waals surface area contributed by atoms with Crippen LogP contribution < -0.4 is 4.90 Å². The summed E-state index contributed by atoms with van der Waals surface area (Å²) in [6.45, 7) is 3.30. The zero-order valence-electron chi connectivity index (χ0n) is 20.9. The molecule has 0 spiro atoms. The fourth-order valence-corrected chi connectivity index (χ4v) is 5.13. The molecule has 0 radical (unpaired) electrons. The van der Waals surface area contributed by atoms with Gasteiger partial charge in [0.25, 0.3) is 0 Å². The van der Waals surface area contributed by atoms with E-state index in [4.69, 9.17) is 11.6 Å². The maximum Gasteiger partial charge on any atom is 0.242 e. The molecule has 0 unspecified atom stereocenters. The number of carbonyl (C=O) groups excluding carboxylic acids is 2. The van der Waals surface area contributed by atoms with Gasteiger partial charge in [0.05, 0.1) is 10.7 Å². The van der Waals surface area contributed by atoms with Crippen LogP contribution in [0.3, 0.4) is 0 Å². The quantitative estimate of drug-likeness (QED) is 0.455. The van der Waals surface area contributed by atoms with Crippen LogP contribution >= 0.6 is 11.6 Å². The summed E-state index contributed by atoms with van der Waals surface area (Å²) in [6, 6.07) is 21.4. The van der Waals surface area contributed by atoms with Gasteiger partial charge in [-0.05, 0) is 43.0 Å². The molecule has 2 amide bonds. The zero-order valence-corrected chi connectivity index (χ0v) is 21.7. The van der Waals surface area contributed by atoms with Gasteiger partial charge in [-0.15, -0.1) is 10.2 Å². The summed E-state index contributed by atoms with van der Waals surface area (Å²) in [5, 5.41) is 9.49. The third-order valence-electron chi connectivity index (χ3n) is 7.28. The number of nitrogens with zero attached hydrogens (tertiary/aromatic N) is 5. The number of halogens is 1. The Morgan fingerprint density at radius 1 is 0.865 bits per heavy atom. The summed E-state index contributed by atoms with van der Waals surface area (Å²) in [5.74, 6) is 0.957. The van der Waals surface area contributed by atoms with Gasteiger partial charge in [0.2, 0.25) is 11.8 Å². The number of aromatic nitrogens is 2. The van der Waals surface area contributed by atoms with Crippen molar-refractivity contribution in [2.24, 2.45) is 5.92 Å². The maximum absolute atomic E-state index is 13.3. The van der Waals surface area contributed by atoms with E-state index in [1.165, 1.54) is 0 Å². The van der Waals surface area contributed by atoms with Gasteiger partial charge in [0, 0.05) is 44.2 Å². The number of hydrogen-bond acceptors (Lipinski definition) is 5. The summed E-state index contributed by atoms with van der Waals surface area (Å²) >= 11 is 6.30. The van der Waals surface area contributed by atoms with Crippen molar-refractivity contribution in [1.29, 1.82) is 0 Å². The average molecular weight is 518 g/mol. The molecule has 37 heavy (non-hydrogen) atoms. The minimum absolute atomic E-state index is 0.00519. The predicted octanol–water partition coefficient (Wildman–Crippen LogP) is 4.66. The van der Waals surface area contributed by atoms with Gasteiger partial charge in [-0.1, -0.05) is 66.6 Å². The monoisotopic (exact) mass is 517 g/mol. The number of carbonyl (C=O) groups is 2. The van der Waals surface area contributed by atoms with E-state index >= 15 is 0 Å². The molecule has 7 nitrogen and oxygen atoms in total. The minimum Gasteiger partial charge on any atom is -0.353 e. The summed E-state index contributed by atoms with van der Waals surface area (Å²) in [7, 11) is 0. The molecule has 3 aromatic rings. The third kappa shape index (κ3) is 6.10. The van der Waals surface area contributed by atoms with Crippen LogP contribution in [-0.2, 0) is 16.1 Å². The predicted molar refractivity (Wildman–Crippen MR) is 145 cm³/mol. The molecule has 1 saturated carbocycles. The number of amides is 2. The molecule has 0 atom stereocenters. The first kappa shape index (κ1) is 25.2. The second-order valence-electron chi connectivity index (χ2n) is 9.79. The molecule has 8 heteroatoms. The van der Waals surface area contributed by atoms with Gasteiger partial charge in [-0.3, -0.25) is 9.59 Å². The van der Waals surface area contributed by atoms with E-state index in [9.17, 15) is 9.59 Å². The zero-order chi connectivity index (χ0) is 25.6. The fraction of sp³-hybridized carbons (Fsp3) is 0.379. The molecule has 0 N–H and O–H groups in total. The number of anilines is 1. The Balaban J connectivity index is 1.21. The first-order valence-corrected chi connectivity index (χ1v) is 13.4. The molecule has 1 aliphatic heterocycles. The lowest BCUT2D eigenvalue weighted by atomic mass is 9.84. The minimum atomic E-state index is 0.00519. The van der Waals surface area contributed by atoms with Crippen molar-refractivity contribution in [2.75, 3.05) is 37.6 Å². The van der Waals surface area contributed by atoms with Crippen molar-refractivity contribution in [1.82, 2.24) is 20.0 Å². The van der Waals surface area contributed by atoms with Gasteiger partial charge in [0.15, 0.2) is 5.82 Å². The van der Waals surface area contributed by atoms with Gasteiger partial charge in [0.1, 0.15) is 6.54 Å². The lowest BCUT2D eigenvalue weighted by Gasteiger charge is -2.33. The molecule has 5 rings (SSSR count). The Labute approximate surface area is 223 Å². The summed E-state index contributed by atoms with van der Waals surface area (Å²) in [6.07, 6.45) is 3.77. The lowest BCUT2D eigenvalue weighted by Crippen LogP contribution is -2.46. The smallest absolute Gasteiger partial charge is 0.242 e. The molecule has 0 bridgehead atoms. The molecule has 2 heterocycles. The van der Waals surface area contributed by atoms with E-state index in [1.807, 2.05) is 71.6 Å². The Hall–Kier alpha value is -3.45. The largest absolute Gasteiger partial charge is 0.353 e. The van der Waals surface area contributed by atoms with Gasteiger partial charge in [-0.25, -0.2) is 0 Å². The third-order valence-corrected chi connectivity index (χ3v) is 7.61. The molecule has 1 aliphatic carbocycles. The summed E-state index contributed by atoms with van der Waals surface area (Å²) in [4.78, 5) is 32.3. The molecular weight excluding hydrogens is 486 g/mol. The Morgan fingerprint density at radius 3 is 2.35 bits per heavy atom. The van der Waals surface area contributed by atoms with Crippen LogP contribution in [0.4, 0.5) is 5.82 Å². The highest BCUT2D eigenvalue weighted by molar-refractivity contribution is 6.33. The van der Waals surface area contributed by atoms with Crippen LogP contribution in [0.5, 0.6) is 0 Å². The summed E-state index contributed by atoms with van der Waals surface area (Å²) in [5.41, 5.74) is 2.63. The van der Waals surface area contributed by atoms with Gasteiger partial charge >= 0.3 is 0 Å². The van der Waals surface area contributed by atoms with Crippen molar-refractivity contribution in [3.8, 4) is 11.3 Å².